The summed E-state index contributed by atoms with van der Waals surface area (Å²) in [7, 11) is -3.89. The number of aryl methyl sites for hydroxylation is 1. The van der Waals surface area contributed by atoms with Crippen LogP contribution in [-0.4, -0.2) is 20.3 Å². The number of fused-ring (bicyclic) bond motifs is 2. The zero-order valence-corrected chi connectivity index (χ0v) is 18.1. The summed E-state index contributed by atoms with van der Waals surface area (Å²) < 4.78 is 40.1. The van der Waals surface area contributed by atoms with E-state index >= 15 is 0 Å². The Morgan fingerprint density at radius 3 is 2.31 bits per heavy atom. The molecule has 0 bridgehead atoms. The number of hydrogen-bond acceptors (Lipinski definition) is 5. The minimum atomic E-state index is -3.89. The molecular formula is C25H21NO5S. The Morgan fingerprint density at radius 1 is 0.875 bits per heavy atom. The van der Waals surface area contributed by atoms with Crippen LogP contribution in [0.1, 0.15) is 22.7 Å². The number of ether oxygens (including phenoxy) is 2. The van der Waals surface area contributed by atoms with Crippen molar-refractivity contribution < 1.29 is 23.0 Å². The average Bonchev–Trinajstić information content (AvgIpc) is 3.24. The van der Waals surface area contributed by atoms with E-state index in [4.69, 9.17) is 9.47 Å². The van der Waals surface area contributed by atoms with Crippen molar-refractivity contribution in [3.05, 3.63) is 95.6 Å². The van der Waals surface area contributed by atoms with E-state index in [1.165, 1.54) is 6.07 Å². The van der Waals surface area contributed by atoms with Crippen molar-refractivity contribution in [2.75, 3.05) is 6.79 Å². The molecule has 0 radical (unpaired) electrons. The number of sulfonamides is 1. The Kier molecular flexibility index (Phi) is 5.00. The molecule has 1 atom stereocenters. The fourth-order valence-electron chi connectivity index (χ4n) is 3.82. The van der Waals surface area contributed by atoms with Crippen molar-refractivity contribution in [2.45, 2.75) is 17.9 Å². The Hall–Kier alpha value is -3.55. The smallest absolute Gasteiger partial charge is 0.241 e. The molecule has 6 nitrogen and oxygen atoms in total. The lowest BCUT2D eigenvalue weighted by molar-refractivity contribution is 0.174. The van der Waals surface area contributed by atoms with Gasteiger partial charge in [0.2, 0.25) is 16.8 Å². The molecule has 32 heavy (non-hydrogen) atoms. The van der Waals surface area contributed by atoms with Crippen LogP contribution in [-0.2, 0) is 10.0 Å². The zero-order chi connectivity index (χ0) is 22.3. The molecule has 0 spiro atoms. The van der Waals surface area contributed by atoms with Crippen LogP contribution >= 0.6 is 0 Å². The second-order valence-electron chi connectivity index (χ2n) is 7.74. The molecule has 7 heteroatoms. The van der Waals surface area contributed by atoms with Gasteiger partial charge < -0.3 is 14.6 Å². The van der Waals surface area contributed by atoms with E-state index in [9.17, 15) is 13.5 Å². The zero-order valence-electron chi connectivity index (χ0n) is 17.3. The van der Waals surface area contributed by atoms with E-state index in [1.807, 2.05) is 49.4 Å². The van der Waals surface area contributed by atoms with Crippen molar-refractivity contribution >= 4 is 20.8 Å². The first-order valence-corrected chi connectivity index (χ1v) is 11.6. The van der Waals surface area contributed by atoms with Crippen LogP contribution in [0.5, 0.6) is 17.2 Å². The molecule has 4 aromatic rings. The second-order valence-corrected chi connectivity index (χ2v) is 9.45. The van der Waals surface area contributed by atoms with Gasteiger partial charge in [-0.2, -0.15) is 4.72 Å². The Morgan fingerprint density at radius 2 is 1.56 bits per heavy atom. The van der Waals surface area contributed by atoms with Gasteiger partial charge in [0.25, 0.3) is 0 Å². The lowest BCUT2D eigenvalue weighted by Gasteiger charge is -2.22. The maximum absolute atomic E-state index is 13.3. The largest absolute Gasteiger partial charge is 0.507 e. The lowest BCUT2D eigenvalue weighted by Crippen LogP contribution is -2.29. The van der Waals surface area contributed by atoms with Crippen molar-refractivity contribution in [1.29, 1.82) is 0 Å². The predicted molar refractivity (Wildman–Crippen MR) is 122 cm³/mol. The number of phenolic OH excluding ortho intramolecular Hbond substituents is 1. The normalized spacial score (nSPS) is 13.9. The third kappa shape index (κ3) is 3.77. The number of nitrogens with one attached hydrogen (secondary N) is 1. The first-order valence-electron chi connectivity index (χ1n) is 10.1. The molecule has 4 aromatic carbocycles. The molecule has 1 aliphatic heterocycles. The third-order valence-electron chi connectivity index (χ3n) is 5.54. The van der Waals surface area contributed by atoms with Gasteiger partial charge in [0.15, 0.2) is 11.5 Å². The summed E-state index contributed by atoms with van der Waals surface area (Å²) in [5, 5.41) is 12.7. The van der Waals surface area contributed by atoms with Gasteiger partial charge in [0, 0.05) is 11.6 Å². The first kappa shape index (κ1) is 20.4. The van der Waals surface area contributed by atoms with Gasteiger partial charge in [-0.05, 0) is 47.5 Å². The van der Waals surface area contributed by atoms with Crippen LogP contribution in [0.25, 0.3) is 10.8 Å². The maximum atomic E-state index is 13.3. The highest BCUT2D eigenvalue weighted by Crippen LogP contribution is 2.42. The molecule has 5 rings (SSSR count). The molecule has 0 amide bonds. The number of phenols is 1. The molecule has 1 heterocycles. The highest BCUT2D eigenvalue weighted by Gasteiger charge is 2.28. The van der Waals surface area contributed by atoms with Crippen LogP contribution in [0.3, 0.4) is 0 Å². The van der Waals surface area contributed by atoms with Crippen molar-refractivity contribution in [3.63, 3.8) is 0 Å². The lowest BCUT2D eigenvalue weighted by atomic mass is 9.96. The quantitative estimate of drug-likeness (QED) is 0.465. The van der Waals surface area contributed by atoms with Gasteiger partial charge in [-0.3, -0.25) is 0 Å². The van der Waals surface area contributed by atoms with Crippen LogP contribution in [0.2, 0.25) is 0 Å². The molecule has 0 fully saturated rings. The van der Waals surface area contributed by atoms with E-state index < -0.39 is 16.1 Å². The second kappa shape index (κ2) is 7.85. The summed E-state index contributed by atoms with van der Waals surface area (Å²) in [5.41, 5.74) is 2.03. The number of benzene rings is 4. The third-order valence-corrected chi connectivity index (χ3v) is 6.98. The Bertz CT molecular complexity index is 1410. The number of aromatic hydroxyl groups is 1. The Balaban J connectivity index is 1.64. The van der Waals surface area contributed by atoms with E-state index in [0.29, 0.717) is 22.6 Å². The molecular weight excluding hydrogens is 426 g/mol. The van der Waals surface area contributed by atoms with E-state index in [0.717, 1.165) is 16.3 Å². The number of hydrogen-bond donors (Lipinski definition) is 2. The first-order chi connectivity index (χ1) is 15.4. The fraction of sp³-hybridized carbons (Fsp3) is 0.120. The monoisotopic (exact) mass is 447 g/mol. The van der Waals surface area contributed by atoms with E-state index in [1.54, 1.807) is 30.3 Å². The van der Waals surface area contributed by atoms with Crippen molar-refractivity contribution in [3.8, 4) is 17.2 Å². The van der Waals surface area contributed by atoms with Crippen molar-refractivity contribution in [2.24, 2.45) is 0 Å². The average molecular weight is 448 g/mol. The summed E-state index contributed by atoms with van der Waals surface area (Å²) >= 11 is 0. The molecule has 0 saturated heterocycles. The van der Waals surface area contributed by atoms with Gasteiger partial charge in [-0.1, -0.05) is 54.1 Å². The minimum absolute atomic E-state index is 0.0496. The van der Waals surface area contributed by atoms with Crippen molar-refractivity contribution in [1.82, 2.24) is 4.72 Å². The van der Waals surface area contributed by atoms with Gasteiger partial charge >= 0.3 is 0 Å². The molecule has 2 N–H and O–H groups in total. The SMILES string of the molecule is Cc1ccc(S(=O)(=O)NC(c2ccc3ccccc3c2)c2cc3c(cc2O)OCO3)cc1. The summed E-state index contributed by atoms with van der Waals surface area (Å²) in [6, 6.07) is 22.4. The minimum Gasteiger partial charge on any atom is -0.507 e. The predicted octanol–water partition coefficient (Wildman–Crippen LogP) is 4.65. The summed E-state index contributed by atoms with van der Waals surface area (Å²) in [6.07, 6.45) is 0. The molecule has 0 saturated carbocycles. The van der Waals surface area contributed by atoms with Crippen LogP contribution < -0.4 is 14.2 Å². The Labute approximate surface area is 186 Å². The topological polar surface area (TPSA) is 84.9 Å². The van der Waals surface area contributed by atoms with Gasteiger partial charge in [0.05, 0.1) is 10.9 Å². The highest BCUT2D eigenvalue weighted by molar-refractivity contribution is 7.89. The van der Waals surface area contributed by atoms with Gasteiger partial charge in [0.1, 0.15) is 5.75 Å². The molecule has 0 aliphatic carbocycles. The molecule has 162 valence electrons. The van der Waals surface area contributed by atoms with Gasteiger partial charge in [-0.25, -0.2) is 8.42 Å². The van der Waals surface area contributed by atoms with E-state index in [-0.39, 0.29) is 17.4 Å². The highest BCUT2D eigenvalue weighted by atomic mass is 32.2. The molecule has 0 aromatic heterocycles. The summed E-state index contributed by atoms with van der Waals surface area (Å²) in [4.78, 5) is 0.147. The maximum Gasteiger partial charge on any atom is 0.241 e. The standard InChI is InChI=1S/C25H21NO5S/c1-16-6-10-20(11-7-16)32(28,29)26-25(19-9-8-17-4-2-3-5-18(17)12-19)21-13-23-24(14-22(21)27)31-15-30-23/h2-14,25-27H,15H2,1H3. The van der Waals surface area contributed by atoms with E-state index in [2.05, 4.69) is 4.72 Å². The number of rotatable bonds is 5. The summed E-state index contributed by atoms with van der Waals surface area (Å²) in [5.74, 6) is 0.794. The van der Waals surface area contributed by atoms with Crippen LogP contribution in [0, 0.1) is 6.92 Å². The van der Waals surface area contributed by atoms with Gasteiger partial charge in [-0.15, -0.1) is 0 Å². The summed E-state index contributed by atoms with van der Waals surface area (Å²) in [6.45, 7) is 1.94. The molecule has 1 unspecified atom stereocenters. The van der Waals surface area contributed by atoms with Crippen LogP contribution in [0.4, 0.5) is 0 Å². The fourth-order valence-corrected chi connectivity index (χ4v) is 5.02. The molecule has 1 aliphatic rings. The van der Waals surface area contributed by atoms with Crippen LogP contribution in [0.15, 0.2) is 83.8 Å².